The van der Waals surface area contributed by atoms with Gasteiger partial charge in [-0.05, 0) is 78.5 Å². The lowest BCUT2D eigenvalue weighted by molar-refractivity contribution is 0.176. The largest absolute Gasteiger partial charge is 0.0654 e. The van der Waals surface area contributed by atoms with Gasteiger partial charge in [0.2, 0.25) is 0 Å². The average molecular weight is 391 g/mol. The first-order chi connectivity index (χ1) is 14.2. The fourth-order valence-corrected chi connectivity index (χ4v) is 5.21. The molecule has 0 bridgehead atoms. The highest BCUT2D eigenvalue weighted by Crippen LogP contribution is 2.38. The van der Waals surface area contributed by atoms with Crippen LogP contribution in [0.1, 0.15) is 89.7 Å². The summed E-state index contributed by atoms with van der Waals surface area (Å²) in [6.45, 7) is 7.09. The fraction of sp³-hybridized carbons (Fsp3) is 0.586. The zero-order valence-electron chi connectivity index (χ0n) is 19.1. The highest BCUT2D eigenvalue weighted by Gasteiger charge is 2.26. The van der Waals surface area contributed by atoms with Gasteiger partial charge in [-0.2, -0.15) is 0 Å². The van der Waals surface area contributed by atoms with Gasteiger partial charge in [0.25, 0.3) is 0 Å². The van der Waals surface area contributed by atoms with Crippen LogP contribution in [0, 0.1) is 17.8 Å². The van der Waals surface area contributed by atoms with Crippen LogP contribution < -0.4 is 0 Å². The van der Waals surface area contributed by atoms with E-state index in [2.05, 4.69) is 69.3 Å². The smallest absolute Gasteiger partial charge is 0.0184 e. The number of rotatable bonds is 10. The van der Waals surface area contributed by atoms with E-state index in [0.29, 0.717) is 0 Å². The highest BCUT2D eigenvalue weighted by molar-refractivity contribution is 5.63. The minimum absolute atomic E-state index is 0.913. The summed E-state index contributed by atoms with van der Waals surface area (Å²) in [5, 5.41) is 0. The molecule has 0 radical (unpaired) electrons. The molecule has 1 saturated carbocycles. The molecule has 1 aliphatic carbocycles. The second-order valence-electron chi connectivity index (χ2n) is 9.59. The van der Waals surface area contributed by atoms with Crippen LogP contribution in [-0.2, 0) is 12.8 Å². The van der Waals surface area contributed by atoms with Gasteiger partial charge in [0.1, 0.15) is 0 Å². The molecule has 0 heterocycles. The molecule has 0 N–H and O–H groups in total. The summed E-state index contributed by atoms with van der Waals surface area (Å²) >= 11 is 0. The third-order valence-electron chi connectivity index (χ3n) is 7.29. The number of hydrogen-bond acceptors (Lipinski definition) is 0. The summed E-state index contributed by atoms with van der Waals surface area (Å²) in [6, 6.07) is 18.5. The molecule has 3 unspecified atom stereocenters. The Morgan fingerprint density at radius 2 is 1.28 bits per heavy atom. The Morgan fingerprint density at radius 3 is 1.83 bits per heavy atom. The normalized spacial score (nSPS) is 22.0. The summed E-state index contributed by atoms with van der Waals surface area (Å²) in [5.74, 6) is 2.85. The van der Waals surface area contributed by atoms with E-state index in [-0.39, 0.29) is 0 Å². The Labute approximate surface area is 180 Å². The summed E-state index contributed by atoms with van der Waals surface area (Å²) in [5.41, 5.74) is 5.66. The fourth-order valence-electron chi connectivity index (χ4n) is 5.21. The van der Waals surface area contributed by atoms with E-state index in [1.165, 1.54) is 92.9 Å². The van der Waals surface area contributed by atoms with Gasteiger partial charge >= 0.3 is 0 Å². The van der Waals surface area contributed by atoms with Crippen molar-refractivity contribution in [2.45, 2.75) is 91.4 Å². The van der Waals surface area contributed by atoms with Gasteiger partial charge in [0.15, 0.2) is 0 Å². The van der Waals surface area contributed by atoms with Gasteiger partial charge in [-0.1, -0.05) is 101 Å². The predicted octanol–water partition coefficient (Wildman–Crippen LogP) is 8.87. The molecule has 2 aromatic rings. The summed E-state index contributed by atoms with van der Waals surface area (Å²) in [7, 11) is 0. The first-order valence-corrected chi connectivity index (χ1v) is 12.4. The lowest BCUT2D eigenvalue weighted by atomic mass is 9.71. The quantitative estimate of drug-likeness (QED) is 0.380. The zero-order chi connectivity index (χ0) is 20.5. The number of hydrogen-bond donors (Lipinski definition) is 0. The molecule has 0 heteroatoms. The van der Waals surface area contributed by atoms with Crippen molar-refractivity contribution in [3.63, 3.8) is 0 Å². The lowest BCUT2D eigenvalue weighted by Crippen LogP contribution is -2.23. The second kappa shape index (κ2) is 11.6. The number of benzene rings is 2. The Morgan fingerprint density at radius 1 is 0.690 bits per heavy atom. The van der Waals surface area contributed by atoms with Crippen molar-refractivity contribution >= 4 is 0 Å². The second-order valence-corrected chi connectivity index (χ2v) is 9.59. The van der Waals surface area contributed by atoms with Gasteiger partial charge in [-0.25, -0.2) is 0 Å². The van der Waals surface area contributed by atoms with Crippen molar-refractivity contribution in [2.24, 2.45) is 17.8 Å². The Balaban J connectivity index is 1.48. The summed E-state index contributed by atoms with van der Waals surface area (Å²) < 4.78 is 0. The van der Waals surface area contributed by atoms with Gasteiger partial charge in [0, 0.05) is 0 Å². The molecule has 0 spiro atoms. The van der Waals surface area contributed by atoms with Crippen molar-refractivity contribution in [2.75, 3.05) is 0 Å². The van der Waals surface area contributed by atoms with E-state index in [4.69, 9.17) is 0 Å². The first kappa shape index (κ1) is 22.1. The van der Waals surface area contributed by atoms with Crippen molar-refractivity contribution < 1.29 is 0 Å². The highest BCUT2D eigenvalue weighted by atomic mass is 14.3. The van der Waals surface area contributed by atoms with Gasteiger partial charge in [-0.3, -0.25) is 0 Å². The van der Waals surface area contributed by atoms with Crippen LogP contribution in [0.15, 0.2) is 48.5 Å². The van der Waals surface area contributed by atoms with Crippen LogP contribution in [0.25, 0.3) is 11.1 Å². The Hall–Kier alpha value is -1.56. The van der Waals surface area contributed by atoms with E-state index in [1.54, 1.807) is 0 Å². The topological polar surface area (TPSA) is 0 Å². The van der Waals surface area contributed by atoms with E-state index in [1.807, 2.05) is 0 Å². The first-order valence-electron chi connectivity index (χ1n) is 12.4. The molecule has 158 valence electrons. The molecule has 0 saturated heterocycles. The molecule has 2 aromatic carbocycles. The zero-order valence-corrected chi connectivity index (χ0v) is 19.1. The third-order valence-corrected chi connectivity index (χ3v) is 7.29. The number of aryl methyl sites for hydroxylation is 2. The lowest BCUT2D eigenvalue weighted by Gasteiger charge is -2.34. The van der Waals surface area contributed by atoms with Crippen LogP contribution in [0.5, 0.6) is 0 Å². The van der Waals surface area contributed by atoms with Crippen LogP contribution >= 0.6 is 0 Å². The maximum Gasteiger partial charge on any atom is -0.0184 e. The van der Waals surface area contributed by atoms with E-state index in [9.17, 15) is 0 Å². The van der Waals surface area contributed by atoms with E-state index < -0.39 is 0 Å². The molecule has 3 atom stereocenters. The maximum absolute atomic E-state index is 2.51. The Kier molecular flexibility index (Phi) is 8.84. The molecule has 0 amide bonds. The molecule has 0 nitrogen and oxygen atoms in total. The molecule has 0 aromatic heterocycles. The standard InChI is InChI=1S/C29H42/c1-4-6-8-24-11-18-28(19-12-24)29-20-13-25(14-21-29)10-16-27-17-15-26(9-7-5-2)22-23(27)3/h11-14,18-21,23,26-27H,4-10,15-17,22H2,1-3H3. The molecule has 29 heavy (non-hydrogen) atoms. The molecule has 1 aliphatic rings. The van der Waals surface area contributed by atoms with Crippen molar-refractivity contribution in [3.8, 4) is 11.1 Å². The summed E-state index contributed by atoms with van der Waals surface area (Å²) in [6.07, 6.45) is 15.0. The molecule has 3 rings (SSSR count). The van der Waals surface area contributed by atoms with Crippen LogP contribution in [0.4, 0.5) is 0 Å². The monoisotopic (exact) mass is 390 g/mol. The molecular weight excluding hydrogens is 348 g/mol. The minimum atomic E-state index is 0.913. The minimum Gasteiger partial charge on any atom is -0.0654 e. The average Bonchev–Trinajstić information content (AvgIpc) is 2.76. The van der Waals surface area contributed by atoms with Crippen molar-refractivity contribution in [1.82, 2.24) is 0 Å². The van der Waals surface area contributed by atoms with Crippen LogP contribution in [0.3, 0.4) is 0 Å². The van der Waals surface area contributed by atoms with Gasteiger partial charge in [0.05, 0.1) is 0 Å². The maximum atomic E-state index is 2.51. The van der Waals surface area contributed by atoms with E-state index >= 15 is 0 Å². The Bertz CT molecular complexity index is 694. The SMILES string of the molecule is CCCCc1ccc(-c2ccc(CCC3CCC(CCCC)CC3C)cc2)cc1. The van der Waals surface area contributed by atoms with Crippen molar-refractivity contribution in [3.05, 3.63) is 59.7 Å². The van der Waals surface area contributed by atoms with Crippen LogP contribution in [-0.4, -0.2) is 0 Å². The molecule has 1 fully saturated rings. The van der Waals surface area contributed by atoms with Crippen molar-refractivity contribution in [1.29, 1.82) is 0 Å². The molecular formula is C29H42. The van der Waals surface area contributed by atoms with Crippen LogP contribution in [0.2, 0.25) is 0 Å². The van der Waals surface area contributed by atoms with Gasteiger partial charge in [-0.15, -0.1) is 0 Å². The molecule has 0 aliphatic heterocycles. The predicted molar refractivity (Wildman–Crippen MR) is 128 cm³/mol. The van der Waals surface area contributed by atoms with Gasteiger partial charge < -0.3 is 0 Å². The number of unbranched alkanes of at least 4 members (excludes halogenated alkanes) is 2. The third kappa shape index (κ3) is 6.73. The summed E-state index contributed by atoms with van der Waals surface area (Å²) in [4.78, 5) is 0. The van der Waals surface area contributed by atoms with E-state index in [0.717, 1.165) is 17.8 Å².